The molecule has 5 rings (SSSR count). The van der Waals surface area contributed by atoms with E-state index < -0.39 is 0 Å². The predicted octanol–water partition coefficient (Wildman–Crippen LogP) is 5.80. The van der Waals surface area contributed by atoms with E-state index >= 15 is 0 Å². The lowest BCUT2D eigenvalue weighted by molar-refractivity contribution is 0.102. The predicted molar refractivity (Wildman–Crippen MR) is 174 cm³/mol. The van der Waals surface area contributed by atoms with Crippen LogP contribution in [0.4, 0.5) is 22.0 Å². The van der Waals surface area contributed by atoms with Gasteiger partial charge in [0.25, 0.3) is 5.91 Å². The summed E-state index contributed by atoms with van der Waals surface area (Å²) in [5, 5.41) is 14.1. The van der Waals surface area contributed by atoms with Crippen LogP contribution < -0.4 is 20.9 Å². The number of hydrogen-bond donors (Lipinski definition) is 3. The average Bonchev–Trinajstić information content (AvgIpc) is 3.63. The molecular formula is C34H47N7O2. The number of hydrogen-bond acceptors (Lipinski definition) is 5. The third-order valence-corrected chi connectivity index (χ3v) is 8.58. The Bertz CT molecular complexity index is 1410. The number of aromatic nitrogens is 2. The Morgan fingerprint density at radius 1 is 0.907 bits per heavy atom. The number of carbonyl (C=O) groups excluding carboxylic acids is 2. The molecule has 1 aliphatic carbocycles. The van der Waals surface area contributed by atoms with Crippen molar-refractivity contribution in [2.24, 2.45) is 0 Å². The highest BCUT2D eigenvalue weighted by atomic mass is 16.2. The van der Waals surface area contributed by atoms with E-state index in [1.54, 1.807) is 0 Å². The van der Waals surface area contributed by atoms with Gasteiger partial charge in [0.1, 0.15) is 5.82 Å². The fraction of sp³-hybridized carbons (Fsp3) is 0.500. The number of carbonyl (C=O) groups is 2. The molecule has 0 radical (unpaired) electrons. The van der Waals surface area contributed by atoms with E-state index in [9.17, 15) is 9.59 Å². The van der Waals surface area contributed by atoms with Crippen LogP contribution in [0.3, 0.4) is 0 Å². The van der Waals surface area contributed by atoms with Gasteiger partial charge < -0.3 is 25.8 Å². The third-order valence-electron chi connectivity index (χ3n) is 8.58. The van der Waals surface area contributed by atoms with Crippen molar-refractivity contribution in [2.45, 2.75) is 77.8 Å². The van der Waals surface area contributed by atoms with Gasteiger partial charge in [0, 0.05) is 55.2 Å². The summed E-state index contributed by atoms with van der Waals surface area (Å²) in [6.45, 7) is 12.4. The van der Waals surface area contributed by atoms with E-state index in [2.05, 4.69) is 72.6 Å². The maximum Gasteiger partial charge on any atom is 0.319 e. The molecule has 3 aromatic rings. The minimum atomic E-state index is -0.307. The van der Waals surface area contributed by atoms with E-state index in [0.29, 0.717) is 17.8 Å². The minimum absolute atomic E-state index is 0.139. The number of likely N-dealkylation sites (N-methyl/N-ethyl adjacent to an activating group) is 1. The molecule has 3 amide bonds. The van der Waals surface area contributed by atoms with Crippen molar-refractivity contribution < 1.29 is 9.59 Å². The van der Waals surface area contributed by atoms with Gasteiger partial charge in [-0.15, -0.1) is 0 Å². The van der Waals surface area contributed by atoms with E-state index in [4.69, 9.17) is 5.10 Å². The highest BCUT2D eigenvalue weighted by molar-refractivity contribution is 6.04. The standard InChI is InChI=1S/C34H47N7O2/c1-24-10-14-28(36-33(43)35-27-8-6-7-9-27)22-26(24)11-15-29-23-31(41(38-29)34(2,3)4)37-32(42)25-12-16-30(17-13-25)40-20-18-39(5)19-21-40/h10,12-14,16-17,22-23,27H,6-9,11,15,18-21H2,1-5H3,(H,37,42)(H2,35,36,43). The summed E-state index contributed by atoms with van der Waals surface area (Å²) in [4.78, 5) is 30.5. The summed E-state index contributed by atoms with van der Waals surface area (Å²) in [7, 11) is 2.15. The lowest BCUT2D eigenvalue weighted by Crippen LogP contribution is -2.44. The zero-order chi connectivity index (χ0) is 30.6. The van der Waals surface area contributed by atoms with Crippen LogP contribution in [0, 0.1) is 6.92 Å². The Balaban J connectivity index is 1.23. The first kappa shape index (κ1) is 30.6. The van der Waals surface area contributed by atoms with Gasteiger partial charge in [-0.3, -0.25) is 4.79 Å². The van der Waals surface area contributed by atoms with Gasteiger partial charge >= 0.3 is 6.03 Å². The molecule has 1 aliphatic heterocycles. The van der Waals surface area contributed by atoms with Crippen LogP contribution in [-0.4, -0.2) is 65.9 Å². The normalized spacial score (nSPS) is 16.3. The number of urea groups is 1. The number of rotatable bonds is 8. The van der Waals surface area contributed by atoms with Gasteiger partial charge in [0.15, 0.2) is 0 Å². The zero-order valence-corrected chi connectivity index (χ0v) is 26.4. The van der Waals surface area contributed by atoms with Crippen molar-refractivity contribution in [3.8, 4) is 0 Å². The summed E-state index contributed by atoms with van der Waals surface area (Å²) in [6, 6.07) is 16.1. The number of benzene rings is 2. The van der Waals surface area contributed by atoms with Crippen molar-refractivity contribution in [3.63, 3.8) is 0 Å². The van der Waals surface area contributed by atoms with Gasteiger partial charge in [-0.2, -0.15) is 5.10 Å². The van der Waals surface area contributed by atoms with E-state index in [1.807, 2.05) is 41.1 Å². The first-order valence-corrected chi connectivity index (χ1v) is 15.7. The molecule has 0 spiro atoms. The molecule has 2 aliphatic rings. The van der Waals surface area contributed by atoms with Crippen LogP contribution in [0.15, 0.2) is 48.5 Å². The monoisotopic (exact) mass is 585 g/mol. The summed E-state index contributed by atoms with van der Waals surface area (Å²) in [6.07, 6.45) is 5.96. The Morgan fingerprint density at radius 2 is 1.60 bits per heavy atom. The van der Waals surface area contributed by atoms with E-state index in [-0.39, 0.29) is 23.5 Å². The van der Waals surface area contributed by atoms with E-state index in [0.717, 1.165) is 68.1 Å². The molecule has 2 fully saturated rings. The second-order valence-corrected chi connectivity index (χ2v) is 13.1. The summed E-state index contributed by atoms with van der Waals surface area (Å²) >= 11 is 0. The van der Waals surface area contributed by atoms with Gasteiger partial charge in [-0.25, -0.2) is 9.48 Å². The van der Waals surface area contributed by atoms with Crippen LogP contribution in [-0.2, 0) is 18.4 Å². The molecule has 230 valence electrons. The zero-order valence-electron chi connectivity index (χ0n) is 26.4. The SMILES string of the molecule is Cc1ccc(NC(=O)NC2CCCC2)cc1CCc1cc(NC(=O)c2ccc(N3CCN(C)CC3)cc2)n(C(C)(C)C)n1. The number of amides is 3. The van der Waals surface area contributed by atoms with Gasteiger partial charge in [-0.1, -0.05) is 18.9 Å². The second-order valence-electron chi connectivity index (χ2n) is 13.1. The van der Waals surface area contributed by atoms with Crippen LogP contribution >= 0.6 is 0 Å². The molecule has 0 unspecified atom stereocenters. The maximum absolute atomic E-state index is 13.3. The van der Waals surface area contributed by atoms with Crippen molar-refractivity contribution in [3.05, 3.63) is 70.9 Å². The highest BCUT2D eigenvalue weighted by Crippen LogP contribution is 2.25. The van der Waals surface area contributed by atoms with Gasteiger partial charge in [-0.05, 0) is 108 Å². The van der Waals surface area contributed by atoms with Crippen molar-refractivity contribution >= 4 is 29.1 Å². The van der Waals surface area contributed by atoms with Crippen LogP contribution in [0.2, 0.25) is 0 Å². The molecule has 0 bridgehead atoms. The molecule has 9 nitrogen and oxygen atoms in total. The number of anilines is 3. The number of piperazine rings is 1. The summed E-state index contributed by atoms with van der Waals surface area (Å²) in [5.74, 6) is 0.541. The lowest BCUT2D eigenvalue weighted by atomic mass is 10.0. The Morgan fingerprint density at radius 3 is 2.28 bits per heavy atom. The first-order chi connectivity index (χ1) is 20.5. The smallest absolute Gasteiger partial charge is 0.319 e. The molecule has 9 heteroatoms. The van der Waals surface area contributed by atoms with Crippen molar-refractivity contribution in [1.82, 2.24) is 20.0 Å². The van der Waals surface area contributed by atoms with Crippen molar-refractivity contribution in [1.29, 1.82) is 0 Å². The summed E-state index contributed by atoms with van der Waals surface area (Å²) in [5.41, 5.74) is 5.50. The number of nitrogens with one attached hydrogen (secondary N) is 3. The molecule has 1 aromatic heterocycles. The fourth-order valence-electron chi connectivity index (χ4n) is 5.93. The molecule has 2 heterocycles. The molecule has 2 aromatic carbocycles. The highest BCUT2D eigenvalue weighted by Gasteiger charge is 2.22. The Kier molecular flexibility index (Phi) is 9.40. The minimum Gasteiger partial charge on any atom is -0.369 e. The van der Waals surface area contributed by atoms with Crippen molar-refractivity contribution in [2.75, 3.05) is 48.8 Å². The first-order valence-electron chi connectivity index (χ1n) is 15.7. The number of nitrogens with zero attached hydrogens (tertiary/aromatic N) is 4. The van der Waals surface area contributed by atoms with E-state index in [1.165, 1.54) is 18.4 Å². The molecule has 3 N–H and O–H groups in total. The number of aryl methyl sites for hydroxylation is 3. The fourth-order valence-corrected chi connectivity index (χ4v) is 5.93. The Labute approximate surface area is 256 Å². The summed E-state index contributed by atoms with van der Waals surface area (Å²) < 4.78 is 1.90. The molecule has 1 saturated heterocycles. The van der Waals surface area contributed by atoms with Gasteiger partial charge in [0.05, 0.1) is 11.2 Å². The van der Waals surface area contributed by atoms with Crippen LogP contribution in [0.25, 0.3) is 0 Å². The second kappa shape index (κ2) is 13.2. The molecule has 0 atom stereocenters. The molecular weight excluding hydrogens is 538 g/mol. The molecule has 43 heavy (non-hydrogen) atoms. The lowest BCUT2D eigenvalue weighted by Gasteiger charge is -2.34. The van der Waals surface area contributed by atoms with Crippen LogP contribution in [0.5, 0.6) is 0 Å². The maximum atomic E-state index is 13.3. The van der Waals surface area contributed by atoms with Gasteiger partial charge in [0.2, 0.25) is 0 Å². The topological polar surface area (TPSA) is 94.5 Å². The quantitative estimate of drug-likeness (QED) is 0.311. The Hall–Kier alpha value is -3.85. The average molecular weight is 586 g/mol. The van der Waals surface area contributed by atoms with Crippen LogP contribution in [0.1, 0.15) is 73.6 Å². The third kappa shape index (κ3) is 7.96. The largest absolute Gasteiger partial charge is 0.369 e. The molecule has 1 saturated carbocycles.